The van der Waals surface area contributed by atoms with Crippen molar-refractivity contribution in [2.45, 2.75) is 18.9 Å². The number of carbonyl (C=O) groups is 1. The van der Waals surface area contributed by atoms with Crippen molar-refractivity contribution < 1.29 is 9.90 Å². The fraction of sp³-hybridized carbons (Fsp3) is 0.333. The minimum atomic E-state index is -0.876. The molecule has 9 heteroatoms. The van der Waals surface area contributed by atoms with Crippen molar-refractivity contribution >= 4 is 22.8 Å². The number of nitrogens with zero attached hydrogens (tertiary/aromatic N) is 4. The van der Waals surface area contributed by atoms with E-state index in [0.717, 1.165) is 35.1 Å². The number of carboxylic acid groups (broad SMARTS) is 1. The summed E-state index contributed by atoms with van der Waals surface area (Å²) in [5.41, 5.74) is 2.47. The molecule has 24 heavy (non-hydrogen) atoms. The number of hydrogen-bond donors (Lipinski definition) is 4. The van der Waals surface area contributed by atoms with Crippen LogP contribution in [0.5, 0.6) is 0 Å². The van der Waals surface area contributed by atoms with Gasteiger partial charge < -0.3 is 20.3 Å². The van der Waals surface area contributed by atoms with Crippen molar-refractivity contribution in [3.63, 3.8) is 0 Å². The number of H-pyrrole nitrogens is 2. The maximum atomic E-state index is 11.2. The fourth-order valence-electron chi connectivity index (χ4n) is 3.15. The lowest BCUT2D eigenvalue weighted by Gasteiger charge is -2.32. The van der Waals surface area contributed by atoms with E-state index < -0.39 is 6.09 Å². The third-order valence-electron chi connectivity index (χ3n) is 4.30. The quantitative estimate of drug-likeness (QED) is 0.582. The summed E-state index contributed by atoms with van der Waals surface area (Å²) in [4.78, 5) is 24.4. The van der Waals surface area contributed by atoms with Gasteiger partial charge in [-0.2, -0.15) is 5.10 Å². The zero-order valence-corrected chi connectivity index (χ0v) is 12.9. The Morgan fingerprint density at radius 3 is 3.12 bits per heavy atom. The summed E-state index contributed by atoms with van der Waals surface area (Å²) in [5, 5.41) is 20.4. The number of piperidine rings is 1. The molecule has 0 bridgehead atoms. The summed E-state index contributed by atoms with van der Waals surface area (Å²) in [5.74, 6) is 0.624. The van der Waals surface area contributed by atoms with Crippen LogP contribution in [0.4, 0.5) is 10.5 Å². The van der Waals surface area contributed by atoms with Gasteiger partial charge in [0.1, 0.15) is 12.0 Å². The van der Waals surface area contributed by atoms with E-state index in [2.05, 4.69) is 30.5 Å². The highest BCUT2D eigenvalue weighted by molar-refractivity contribution is 5.97. The summed E-state index contributed by atoms with van der Waals surface area (Å²) >= 11 is 0. The number of amides is 1. The van der Waals surface area contributed by atoms with E-state index in [1.807, 2.05) is 12.3 Å². The van der Waals surface area contributed by atoms with Gasteiger partial charge >= 0.3 is 6.09 Å². The van der Waals surface area contributed by atoms with Crippen molar-refractivity contribution in [3.05, 3.63) is 24.8 Å². The van der Waals surface area contributed by atoms with Crippen molar-refractivity contribution in [2.75, 3.05) is 18.4 Å². The van der Waals surface area contributed by atoms with Crippen LogP contribution in [0.25, 0.3) is 22.4 Å². The lowest BCUT2D eigenvalue weighted by atomic mass is 10.0. The van der Waals surface area contributed by atoms with E-state index in [9.17, 15) is 9.90 Å². The van der Waals surface area contributed by atoms with Crippen molar-refractivity contribution in [2.24, 2.45) is 0 Å². The number of rotatable bonds is 3. The number of aromatic amines is 2. The molecule has 4 N–H and O–H groups in total. The number of pyridine rings is 1. The number of anilines is 1. The first-order chi connectivity index (χ1) is 11.7. The molecule has 1 saturated heterocycles. The number of likely N-dealkylation sites (tertiary alicyclic amines) is 1. The van der Waals surface area contributed by atoms with Gasteiger partial charge in [-0.1, -0.05) is 0 Å². The second kappa shape index (κ2) is 5.84. The molecule has 0 spiro atoms. The Hall–Kier alpha value is -3.10. The van der Waals surface area contributed by atoms with Gasteiger partial charge in [0.2, 0.25) is 0 Å². The molecule has 4 rings (SSSR count). The van der Waals surface area contributed by atoms with Gasteiger partial charge in [0.15, 0.2) is 5.82 Å². The summed E-state index contributed by atoms with van der Waals surface area (Å²) in [6.45, 7) is 1.04. The first kappa shape index (κ1) is 14.5. The van der Waals surface area contributed by atoms with Crippen LogP contribution in [0, 0.1) is 0 Å². The molecular formula is C15H17N7O2. The Morgan fingerprint density at radius 1 is 1.42 bits per heavy atom. The number of fused-ring (bicyclic) bond motifs is 1. The molecule has 0 radical (unpaired) electrons. The van der Waals surface area contributed by atoms with E-state index >= 15 is 0 Å². The average Bonchev–Trinajstić information content (AvgIpc) is 3.27. The van der Waals surface area contributed by atoms with Crippen LogP contribution >= 0.6 is 0 Å². The SMILES string of the molecule is O=C(O)N1CCCC(Nc2c(-c3ncn[nH]3)cnc3[nH]ccc23)C1. The van der Waals surface area contributed by atoms with Crippen LogP contribution in [0.2, 0.25) is 0 Å². The van der Waals surface area contributed by atoms with E-state index in [1.54, 1.807) is 6.20 Å². The molecule has 9 nitrogen and oxygen atoms in total. The Bertz CT molecular complexity index is 858. The van der Waals surface area contributed by atoms with E-state index in [0.29, 0.717) is 18.9 Å². The van der Waals surface area contributed by atoms with Crippen molar-refractivity contribution in [1.29, 1.82) is 0 Å². The van der Waals surface area contributed by atoms with Gasteiger partial charge in [-0.05, 0) is 18.9 Å². The number of hydrogen-bond acceptors (Lipinski definition) is 5. The molecule has 1 amide bonds. The highest BCUT2D eigenvalue weighted by atomic mass is 16.4. The molecule has 4 heterocycles. The Balaban J connectivity index is 1.71. The Labute approximate surface area is 137 Å². The Morgan fingerprint density at radius 2 is 2.33 bits per heavy atom. The molecule has 3 aromatic heterocycles. The van der Waals surface area contributed by atoms with Crippen LogP contribution in [0.15, 0.2) is 24.8 Å². The lowest BCUT2D eigenvalue weighted by Crippen LogP contribution is -2.44. The van der Waals surface area contributed by atoms with Gasteiger partial charge in [0, 0.05) is 36.9 Å². The standard InChI is InChI=1S/C15H17N7O2/c23-15(24)22-5-1-2-9(7-22)20-12-10-3-4-16-13(10)17-6-11(12)14-18-8-19-21-14/h3-4,6,8-9H,1-2,5,7H2,(H,23,24)(H2,16,17,20)(H,18,19,21). The molecular weight excluding hydrogens is 310 g/mol. The maximum absolute atomic E-state index is 11.2. The lowest BCUT2D eigenvalue weighted by molar-refractivity contribution is 0.133. The van der Waals surface area contributed by atoms with Crippen LogP contribution in [0.3, 0.4) is 0 Å². The smallest absolute Gasteiger partial charge is 0.407 e. The highest BCUT2D eigenvalue weighted by Crippen LogP contribution is 2.32. The molecule has 124 valence electrons. The van der Waals surface area contributed by atoms with Crippen LogP contribution in [0.1, 0.15) is 12.8 Å². The minimum Gasteiger partial charge on any atom is -0.465 e. The monoisotopic (exact) mass is 327 g/mol. The molecule has 0 aliphatic carbocycles. The predicted octanol–water partition coefficient (Wildman–Crippen LogP) is 1.90. The van der Waals surface area contributed by atoms with E-state index in [-0.39, 0.29) is 6.04 Å². The average molecular weight is 327 g/mol. The number of nitrogens with one attached hydrogen (secondary N) is 3. The molecule has 0 aromatic carbocycles. The summed E-state index contributed by atoms with van der Waals surface area (Å²) < 4.78 is 0. The Kier molecular flexibility index (Phi) is 3.52. The predicted molar refractivity (Wildman–Crippen MR) is 87.7 cm³/mol. The highest BCUT2D eigenvalue weighted by Gasteiger charge is 2.25. The van der Waals surface area contributed by atoms with E-state index in [1.165, 1.54) is 11.2 Å². The van der Waals surface area contributed by atoms with Gasteiger partial charge in [0.05, 0.1) is 11.3 Å². The number of aromatic nitrogens is 5. The molecule has 1 aliphatic rings. The summed E-state index contributed by atoms with van der Waals surface area (Å²) in [6, 6.07) is 1.99. The molecule has 1 unspecified atom stereocenters. The maximum Gasteiger partial charge on any atom is 0.407 e. The third-order valence-corrected chi connectivity index (χ3v) is 4.30. The summed E-state index contributed by atoms with van der Waals surface area (Å²) in [7, 11) is 0. The zero-order valence-electron chi connectivity index (χ0n) is 12.9. The van der Waals surface area contributed by atoms with Crippen molar-refractivity contribution in [3.8, 4) is 11.4 Å². The zero-order chi connectivity index (χ0) is 16.5. The topological polar surface area (TPSA) is 123 Å². The second-order valence-corrected chi connectivity index (χ2v) is 5.83. The molecule has 0 saturated carbocycles. The van der Waals surface area contributed by atoms with Gasteiger partial charge in [-0.25, -0.2) is 14.8 Å². The first-order valence-electron chi connectivity index (χ1n) is 7.78. The van der Waals surface area contributed by atoms with Crippen LogP contribution in [-0.4, -0.2) is 60.4 Å². The van der Waals surface area contributed by atoms with E-state index in [4.69, 9.17) is 0 Å². The fourth-order valence-corrected chi connectivity index (χ4v) is 3.15. The van der Waals surface area contributed by atoms with Gasteiger partial charge in [-0.15, -0.1) is 0 Å². The van der Waals surface area contributed by atoms with Crippen molar-refractivity contribution in [1.82, 2.24) is 30.0 Å². The van der Waals surface area contributed by atoms with Gasteiger partial charge in [0.25, 0.3) is 0 Å². The summed E-state index contributed by atoms with van der Waals surface area (Å²) in [6.07, 6.45) is 5.89. The van der Waals surface area contributed by atoms with Gasteiger partial charge in [-0.3, -0.25) is 5.10 Å². The molecule has 1 atom stereocenters. The molecule has 3 aromatic rings. The third kappa shape index (κ3) is 2.53. The first-order valence-corrected chi connectivity index (χ1v) is 7.78. The minimum absolute atomic E-state index is 0.0389. The normalized spacial score (nSPS) is 18.0. The van der Waals surface area contributed by atoms with Crippen LogP contribution in [-0.2, 0) is 0 Å². The second-order valence-electron chi connectivity index (χ2n) is 5.83. The molecule has 1 aliphatic heterocycles. The largest absolute Gasteiger partial charge is 0.465 e. The molecule has 1 fully saturated rings. The van der Waals surface area contributed by atoms with Crippen LogP contribution < -0.4 is 5.32 Å².